The summed E-state index contributed by atoms with van der Waals surface area (Å²) in [6, 6.07) is 20.1. The highest BCUT2D eigenvalue weighted by Crippen LogP contribution is 2.18. The molecule has 0 aliphatic heterocycles. The van der Waals surface area contributed by atoms with Crippen LogP contribution in [0.25, 0.3) is 0 Å². The van der Waals surface area contributed by atoms with Crippen LogP contribution in [0, 0.1) is 0 Å². The van der Waals surface area contributed by atoms with E-state index in [0.29, 0.717) is 21.8 Å². The van der Waals surface area contributed by atoms with E-state index in [0.717, 1.165) is 12.0 Å². The van der Waals surface area contributed by atoms with Gasteiger partial charge in [-0.05, 0) is 60.5 Å². The SMILES string of the molecule is CCc1ccc(NC(=O)C(=O)N/N=C/c2ccccc2OC(=O)c2ccc(Cl)cc2)cc1. The first kappa shape index (κ1) is 22.7. The third kappa shape index (κ3) is 6.26. The van der Waals surface area contributed by atoms with E-state index in [1.165, 1.54) is 6.21 Å². The number of esters is 1. The molecule has 0 aliphatic rings. The van der Waals surface area contributed by atoms with E-state index in [-0.39, 0.29) is 5.75 Å². The molecule has 0 fully saturated rings. The average Bonchev–Trinajstić information content (AvgIpc) is 2.81. The minimum atomic E-state index is -0.934. The molecular formula is C24H20ClN3O4. The minimum Gasteiger partial charge on any atom is -0.422 e. The van der Waals surface area contributed by atoms with Crippen LogP contribution in [-0.4, -0.2) is 24.0 Å². The summed E-state index contributed by atoms with van der Waals surface area (Å²) in [7, 11) is 0. The zero-order valence-electron chi connectivity index (χ0n) is 17.2. The van der Waals surface area contributed by atoms with Gasteiger partial charge in [-0.2, -0.15) is 5.10 Å². The summed E-state index contributed by atoms with van der Waals surface area (Å²) < 4.78 is 5.41. The number of nitrogens with one attached hydrogen (secondary N) is 2. The highest BCUT2D eigenvalue weighted by atomic mass is 35.5. The van der Waals surface area contributed by atoms with Gasteiger partial charge >= 0.3 is 17.8 Å². The second kappa shape index (κ2) is 10.9. The van der Waals surface area contributed by atoms with Crippen LogP contribution in [0.2, 0.25) is 5.02 Å². The molecule has 0 radical (unpaired) electrons. The number of hydrogen-bond acceptors (Lipinski definition) is 5. The summed E-state index contributed by atoms with van der Waals surface area (Å²) in [6.07, 6.45) is 2.16. The first-order valence-electron chi connectivity index (χ1n) is 9.76. The third-order valence-electron chi connectivity index (χ3n) is 4.40. The molecule has 8 heteroatoms. The second-order valence-electron chi connectivity index (χ2n) is 6.64. The van der Waals surface area contributed by atoms with Gasteiger partial charge in [0.2, 0.25) is 0 Å². The van der Waals surface area contributed by atoms with Gasteiger partial charge in [-0.1, -0.05) is 42.8 Å². The molecule has 32 heavy (non-hydrogen) atoms. The molecule has 0 atom stereocenters. The van der Waals surface area contributed by atoms with Crippen LogP contribution in [0.4, 0.5) is 5.69 Å². The lowest BCUT2D eigenvalue weighted by Gasteiger charge is -2.07. The van der Waals surface area contributed by atoms with E-state index in [4.69, 9.17) is 16.3 Å². The lowest BCUT2D eigenvalue weighted by Crippen LogP contribution is -2.32. The van der Waals surface area contributed by atoms with Gasteiger partial charge < -0.3 is 10.1 Å². The summed E-state index contributed by atoms with van der Waals surface area (Å²) >= 11 is 5.83. The number of carbonyl (C=O) groups excluding carboxylic acids is 3. The Balaban J connectivity index is 1.60. The smallest absolute Gasteiger partial charge is 0.343 e. The Kier molecular flexibility index (Phi) is 7.72. The normalized spacial score (nSPS) is 10.6. The fourth-order valence-corrected chi connectivity index (χ4v) is 2.77. The van der Waals surface area contributed by atoms with Crippen molar-refractivity contribution in [3.8, 4) is 5.75 Å². The number of nitrogens with zero attached hydrogens (tertiary/aromatic N) is 1. The quantitative estimate of drug-likeness (QED) is 0.194. The summed E-state index contributed by atoms with van der Waals surface area (Å²) in [4.78, 5) is 36.4. The van der Waals surface area contributed by atoms with Crippen molar-refractivity contribution >= 4 is 41.3 Å². The van der Waals surface area contributed by atoms with Crippen molar-refractivity contribution in [1.82, 2.24) is 5.43 Å². The second-order valence-corrected chi connectivity index (χ2v) is 7.07. The van der Waals surface area contributed by atoms with Gasteiger partial charge in [-0.3, -0.25) is 9.59 Å². The number of para-hydroxylation sites is 1. The molecule has 7 nitrogen and oxygen atoms in total. The zero-order chi connectivity index (χ0) is 22.9. The zero-order valence-corrected chi connectivity index (χ0v) is 17.9. The predicted molar refractivity (Wildman–Crippen MR) is 123 cm³/mol. The molecule has 0 heterocycles. The van der Waals surface area contributed by atoms with Crippen LogP contribution >= 0.6 is 11.6 Å². The van der Waals surface area contributed by atoms with Crippen LogP contribution in [0.15, 0.2) is 77.9 Å². The van der Waals surface area contributed by atoms with Gasteiger partial charge in [0.1, 0.15) is 5.75 Å². The number of amides is 2. The molecule has 0 aliphatic carbocycles. The number of benzene rings is 3. The summed E-state index contributed by atoms with van der Waals surface area (Å²) in [5, 5.41) is 6.79. The maximum absolute atomic E-state index is 12.3. The fourth-order valence-electron chi connectivity index (χ4n) is 2.65. The third-order valence-corrected chi connectivity index (χ3v) is 4.65. The number of carbonyl (C=O) groups is 3. The minimum absolute atomic E-state index is 0.242. The Bertz CT molecular complexity index is 1140. The number of anilines is 1. The van der Waals surface area contributed by atoms with E-state index < -0.39 is 17.8 Å². The van der Waals surface area contributed by atoms with Crippen LogP contribution in [-0.2, 0) is 16.0 Å². The molecule has 0 aromatic heterocycles. The standard InChI is InChI=1S/C24H20ClN3O4/c1-2-16-7-13-20(14-8-16)27-22(29)23(30)28-26-15-18-5-3-4-6-21(18)32-24(31)17-9-11-19(25)12-10-17/h3-15H,2H2,1H3,(H,27,29)(H,28,30)/b26-15+. The van der Waals surface area contributed by atoms with Gasteiger partial charge in [0, 0.05) is 16.3 Å². The van der Waals surface area contributed by atoms with Gasteiger partial charge in [0.25, 0.3) is 0 Å². The number of halogens is 1. The molecule has 3 rings (SSSR count). The van der Waals surface area contributed by atoms with Crippen LogP contribution < -0.4 is 15.5 Å². The van der Waals surface area contributed by atoms with Gasteiger partial charge in [-0.25, -0.2) is 10.2 Å². The Hall–Kier alpha value is -3.97. The van der Waals surface area contributed by atoms with Crippen molar-refractivity contribution < 1.29 is 19.1 Å². The molecule has 3 aromatic carbocycles. The van der Waals surface area contributed by atoms with Crippen molar-refractivity contribution in [2.75, 3.05) is 5.32 Å². The van der Waals surface area contributed by atoms with E-state index in [1.807, 2.05) is 19.1 Å². The van der Waals surface area contributed by atoms with Crippen molar-refractivity contribution in [1.29, 1.82) is 0 Å². The molecule has 0 unspecified atom stereocenters. The van der Waals surface area contributed by atoms with E-state index in [1.54, 1.807) is 60.7 Å². The van der Waals surface area contributed by atoms with E-state index in [9.17, 15) is 14.4 Å². The van der Waals surface area contributed by atoms with Gasteiger partial charge in [-0.15, -0.1) is 0 Å². The number of hydrazone groups is 1. The average molecular weight is 450 g/mol. The van der Waals surface area contributed by atoms with Crippen molar-refractivity contribution in [2.24, 2.45) is 5.10 Å². The van der Waals surface area contributed by atoms with Crippen LogP contribution in [0.5, 0.6) is 5.75 Å². The topological polar surface area (TPSA) is 96.9 Å². The highest BCUT2D eigenvalue weighted by Gasteiger charge is 2.14. The van der Waals surface area contributed by atoms with Crippen molar-refractivity contribution in [3.63, 3.8) is 0 Å². The van der Waals surface area contributed by atoms with Crippen LogP contribution in [0.3, 0.4) is 0 Å². The number of ether oxygens (including phenoxy) is 1. The Morgan fingerprint density at radius 1 is 0.938 bits per heavy atom. The monoisotopic (exact) mass is 449 g/mol. The number of hydrogen-bond donors (Lipinski definition) is 2. The molecular weight excluding hydrogens is 430 g/mol. The Morgan fingerprint density at radius 3 is 2.31 bits per heavy atom. The molecule has 0 bridgehead atoms. The number of rotatable bonds is 6. The van der Waals surface area contributed by atoms with Crippen molar-refractivity contribution in [3.05, 3.63) is 94.5 Å². The Morgan fingerprint density at radius 2 is 1.62 bits per heavy atom. The fraction of sp³-hybridized carbons (Fsp3) is 0.0833. The highest BCUT2D eigenvalue weighted by molar-refractivity contribution is 6.39. The summed E-state index contributed by atoms with van der Waals surface area (Å²) in [5.74, 6) is -2.11. The summed E-state index contributed by atoms with van der Waals surface area (Å²) in [6.45, 7) is 2.02. The van der Waals surface area contributed by atoms with E-state index in [2.05, 4.69) is 15.8 Å². The predicted octanol–water partition coefficient (Wildman–Crippen LogP) is 4.21. The number of aryl methyl sites for hydroxylation is 1. The molecule has 0 spiro atoms. The molecule has 2 amide bonds. The first-order valence-corrected chi connectivity index (χ1v) is 10.1. The summed E-state index contributed by atoms with van der Waals surface area (Å²) in [5.41, 5.74) is 4.55. The van der Waals surface area contributed by atoms with Gasteiger partial charge in [0.15, 0.2) is 0 Å². The largest absolute Gasteiger partial charge is 0.422 e. The van der Waals surface area contributed by atoms with Crippen LogP contribution in [0.1, 0.15) is 28.4 Å². The lowest BCUT2D eigenvalue weighted by atomic mass is 10.1. The molecule has 2 N–H and O–H groups in total. The Labute approximate surface area is 190 Å². The molecule has 3 aromatic rings. The lowest BCUT2D eigenvalue weighted by molar-refractivity contribution is -0.136. The van der Waals surface area contributed by atoms with Gasteiger partial charge in [0.05, 0.1) is 11.8 Å². The molecule has 162 valence electrons. The maximum Gasteiger partial charge on any atom is 0.343 e. The molecule has 0 saturated heterocycles. The maximum atomic E-state index is 12.3. The molecule has 0 saturated carbocycles. The first-order chi connectivity index (χ1) is 15.5. The van der Waals surface area contributed by atoms with E-state index >= 15 is 0 Å². The van der Waals surface area contributed by atoms with Crippen molar-refractivity contribution in [2.45, 2.75) is 13.3 Å².